The van der Waals surface area contributed by atoms with Gasteiger partial charge in [0.2, 0.25) is 11.7 Å². The molecule has 8 nitrogen and oxygen atoms in total. The van der Waals surface area contributed by atoms with Gasteiger partial charge in [-0.05, 0) is 23.8 Å². The summed E-state index contributed by atoms with van der Waals surface area (Å²) in [7, 11) is 0. The molecule has 0 saturated carbocycles. The fraction of sp³-hybridized carbons (Fsp3) is 0.0417. The number of benzene rings is 3. The van der Waals surface area contributed by atoms with Crippen molar-refractivity contribution in [3.05, 3.63) is 101 Å². The van der Waals surface area contributed by atoms with Gasteiger partial charge >= 0.3 is 5.91 Å². The van der Waals surface area contributed by atoms with Crippen molar-refractivity contribution in [2.24, 2.45) is 10.2 Å². The Labute approximate surface area is 181 Å². The number of hydrogen-bond donors (Lipinski definition) is 2. The first-order valence-corrected chi connectivity index (χ1v) is 9.91. The van der Waals surface area contributed by atoms with E-state index >= 15 is 0 Å². The molecule has 0 radical (unpaired) electrons. The molecule has 2 N–H and O–H groups in total. The molecule has 5 rings (SSSR count). The first kappa shape index (κ1) is 19.4. The Balaban J connectivity index is 1.61. The second-order valence-electron chi connectivity index (χ2n) is 7.20. The van der Waals surface area contributed by atoms with Crippen molar-refractivity contribution >= 4 is 33.4 Å². The van der Waals surface area contributed by atoms with Crippen molar-refractivity contribution < 1.29 is 9.90 Å². The normalized spacial score (nSPS) is 11.5. The molecular weight excluding hydrogens is 406 g/mol. The Bertz CT molecular complexity index is 1550. The molecule has 32 heavy (non-hydrogen) atoms. The SMILES string of the molecule is O=C(N=Nc1c(O)[nH]c2ccccc12)c1nc2ccccc2c(=O)n1Cc1ccccc1. The lowest BCUT2D eigenvalue weighted by Crippen LogP contribution is -2.28. The zero-order valence-corrected chi connectivity index (χ0v) is 16.8. The number of fused-ring (bicyclic) bond motifs is 2. The zero-order chi connectivity index (χ0) is 22.1. The van der Waals surface area contributed by atoms with Gasteiger partial charge in [0.1, 0.15) is 0 Å². The Morgan fingerprint density at radius 3 is 2.44 bits per heavy atom. The van der Waals surface area contributed by atoms with Gasteiger partial charge in [0, 0.05) is 5.39 Å². The van der Waals surface area contributed by atoms with Crippen LogP contribution in [0.2, 0.25) is 0 Å². The quantitative estimate of drug-likeness (QED) is 0.413. The molecular formula is C24H17N5O3. The highest BCUT2D eigenvalue weighted by atomic mass is 16.3. The van der Waals surface area contributed by atoms with Gasteiger partial charge in [-0.25, -0.2) is 4.98 Å². The molecule has 156 valence electrons. The van der Waals surface area contributed by atoms with E-state index in [1.54, 1.807) is 42.5 Å². The predicted octanol–water partition coefficient (Wildman–Crippen LogP) is 4.56. The average molecular weight is 423 g/mol. The average Bonchev–Trinajstić information content (AvgIpc) is 3.14. The maximum Gasteiger partial charge on any atom is 0.331 e. The number of amides is 1. The number of rotatable bonds is 4. The lowest BCUT2D eigenvalue weighted by Gasteiger charge is -2.11. The van der Waals surface area contributed by atoms with Crippen LogP contribution in [0.5, 0.6) is 5.88 Å². The number of carbonyl (C=O) groups excluding carboxylic acids is 1. The molecule has 5 aromatic rings. The van der Waals surface area contributed by atoms with E-state index < -0.39 is 5.91 Å². The van der Waals surface area contributed by atoms with Crippen LogP contribution >= 0.6 is 0 Å². The molecule has 0 unspecified atom stereocenters. The van der Waals surface area contributed by atoms with E-state index in [9.17, 15) is 14.7 Å². The standard InChI is InChI=1S/C24H17N5O3/c30-22-20(16-10-4-6-12-18(16)26-22)27-28-23(31)21-25-19-13-7-5-11-17(19)24(32)29(21)14-15-8-2-1-3-9-15/h1-13,26,30H,14H2. The van der Waals surface area contributed by atoms with Crippen molar-refractivity contribution in [1.29, 1.82) is 0 Å². The molecule has 0 aliphatic heterocycles. The van der Waals surface area contributed by atoms with Crippen LogP contribution in [0.4, 0.5) is 5.69 Å². The summed E-state index contributed by atoms with van der Waals surface area (Å²) in [6.45, 7) is 0.159. The molecule has 0 aliphatic rings. The number of H-pyrrole nitrogens is 1. The molecule has 0 fully saturated rings. The molecule has 8 heteroatoms. The van der Waals surface area contributed by atoms with Crippen LogP contribution < -0.4 is 5.56 Å². The van der Waals surface area contributed by atoms with E-state index in [1.807, 2.05) is 36.4 Å². The summed E-state index contributed by atoms with van der Waals surface area (Å²) in [5, 5.41) is 18.9. The Kier molecular flexibility index (Phi) is 4.79. The Morgan fingerprint density at radius 2 is 1.62 bits per heavy atom. The van der Waals surface area contributed by atoms with Crippen molar-refractivity contribution in [3.8, 4) is 5.88 Å². The highest BCUT2D eigenvalue weighted by molar-refractivity contribution is 5.96. The van der Waals surface area contributed by atoms with E-state index in [2.05, 4.69) is 20.2 Å². The minimum absolute atomic E-state index is 0.124. The highest BCUT2D eigenvalue weighted by Crippen LogP contribution is 2.35. The molecule has 2 aromatic heterocycles. The van der Waals surface area contributed by atoms with Crippen molar-refractivity contribution in [2.45, 2.75) is 6.54 Å². The number of aromatic amines is 1. The number of nitrogens with zero attached hydrogens (tertiary/aromatic N) is 4. The van der Waals surface area contributed by atoms with Crippen molar-refractivity contribution in [2.75, 3.05) is 0 Å². The van der Waals surface area contributed by atoms with Crippen molar-refractivity contribution in [3.63, 3.8) is 0 Å². The molecule has 0 aliphatic carbocycles. The van der Waals surface area contributed by atoms with Crippen LogP contribution in [0.1, 0.15) is 16.2 Å². The third-order valence-corrected chi connectivity index (χ3v) is 5.14. The van der Waals surface area contributed by atoms with E-state index in [0.29, 0.717) is 21.8 Å². The predicted molar refractivity (Wildman–Crippen MR) is 120 cm³/mol. The molecule has 0 spiro atoms. The van der Waals surface area contributed by atoms with Crippen LogP contribution in [0.15, 0.2) is 93.9 Å². The lowest BCUT2D eigenvalue weighted by molar-refractivity contribution is 0.0980. The zero-order valence-electron chi connectivity index (χ0n) is 16.8. The molecule has 2 heterocycles. The second-order valence-corrected chi connectivity index (χ2v) is 7.20. The Morgan fingerprint density at radius 1 is 0.938 bits per heavy atom. The molecule has 0 saturated heterocycles. The first-order valence-electron chi connectivity index (χ1n) is 9.91. The summed E-state index contributed by atoms with van der Waals surface area (Å²) in [5.74, 6) is -1.11. The van der Waals surface area contributed by atoms with E-state index in [4.69, 9.17) is 0 Å². The maximum atomic E-state index is 13.2. The van der Waals surface area contributed by atoms with E-state index in [0.717, 1.165) is 5.56 Å². The summed E-state index contributed by atoms with van der Waals surface area (Å²) < 4.78 is 1.30. The summed E-state index contributed by atoms with van der Waals surface area (Å²) in [6.07, 6.45) is 0. The van der Waals surface area contributed by atoms with Gasteiger partial charge in [0.15, 0.2) is 5.69 Å². The van der Waals surface area contributed by atoms with Gasteiger partial charge in [0.05, 0.1) is 23.0 Å². The smallest absolute Gasteiger partial charge is 0.331 e. The minimum Gasteiger partial charge on any atom is -0.493 e. The fourth-order valence-corrected chi connectivity index (χ4v) is 3.60. The lowest BCUT2D eigenvalue weighted by atomic mass is 10.2. The topological polar surface area (TPSA) is 113 Å². The molecule has 0 atom stereocenters. The van der Waals surface area contributed by atoms with Crippen LogP contribution in [-0.2, 0) is 6.54 Å². The van der Waals surface area contributed by atoms with Crippen LogP contribution in [0.3, 0.4) is 0 Å². The second kappa shape index (κ2) is 7.92. The number of azo groups is 1. The summed E-state index contributed by atoms with van der Waals surface area (Å²) in [4.78, 5) is 33.4. The molecule has 1 amide bonds. The Hall–Kier alpha value is -4.59. The fourth-order valence-electron chi connectivity index (χ4n) is 3.60. The molecule has 3 aromatic carbocycles. The third kappa shape index (κ3) is 3.43. The number of nitrogens with one attached hydrogen (secondary N) is 1. The van der Waals surface area contributed by atoms with Gasteiger partial charge in [-0.2, -0.15) is 0 Å². The van der Waals surface area contributed by atoms with Crippen LogP contribution in [0.25, 0.3) is 21.8 Å². The third-order valence-electron chi connectivity index (χ3n) is 5.14. The van der Waals surface area contributed by atoms with E-state index in [-0.39, 0.29) is 29.5 Å². The van der Waals surface area contributed by atoms with Gasteiger partial charge in [-0.1, -0.05) is 60.7 Å². The van der Waals surface area contributed by atoms with E-state index in [1.165, 1.54) is 4.57 Å². The van der Waals surface area contributed by atoms with Crippen molar-refractivity contribution in [1.82, 2.24) is 14.5 Å². The largest absolute Gasteiger partial charge is 0.493 e. The summed E-state index contributed by atoms with van der Waals surface area (Å²) in [5.41, 5.74) is 1.71. The first-order chi connectivity index (χ1) is 15.6. The van der Waals surface area contributed by atoms with Gasteiger partial charge < -0.3 is 10.1 Å². The van der Waals surface area contributed by atoms with Gasteiger partial charge in [-0.15, -0.1) is 10.2 Å². The number of para-hydroxylation sites is 2. The summed E-state index contributed by atoms with van der Waals surface area (Å²) in [6, 6.07) is 23.3. The van der Waals surface area contributed by atoms with Crippen LogP contribution in [0, 0.1) is 0 Å². The monoisotopic (exact) mass is 423 g/mol. The molecule has 0 bridgehead atoms. The highest BCUT2D eigenvalue weighted by Gasteiger charge is 2.18. The number of hydrogen-bond acceptors (Lipinski definition) is 5. The van der Waals surface area contributed by atoms with Gasteiger partial charge in [0.25, 0.3) is 5.56 Å². The number of carbonyl (C=O) groups is 1. The number of aromatic hydroxyl groups is 1. The minimum atomic E-state index is -0.784. The van der Waals surface area contributed by atoms with Crippen LogP contribution in [-0.4, -0.2) is 25.5 Å². The number of aromatic nitrogens is 3. The maximum absolute atomic E-state index is 13.2. The summed E-state index contributed by atoms with van der Waals surface area (Å²) >= 11 is 0. The van der Waals surface area contributed by atoms with Gasteiger partial charge in [-0.3, -0.25) is 14.2 Å².